The van der Waals surface area contributed by atoms with E-state index in [1.54, 1.807) is 0 Å². The second kappa shape index (κ2) is 11.5. The van der Waals surface area contributed by atoms with Crippen molar-refractivity contribution in [3.05, 3.63) is 81.9 Å². The molecule has 2 aromatic rings. The predicted octanol–water partition coefficient (Wildman–Crippen LogP) is 2.97. The average molecular weight is 388 g/mol. The summed E-state index contributed by atoms with van der Waals surface area (Å²) < 4.78 is 15.9. The normalized spacial score (nSPS) is 11.7. The van der Waals surface area contributed by atoms with Gasteiger partial charge >= 0.3 is 0 Å². The van der Waals surface area contributed by atoms with Crippen molar-refractivity contribution in [3.63, 3.8) is 0 Å². The highest BCUT2D eigenvalue weighted by atomic mass is 16.6. The molecule has 0 fully saturated rings. The van der Waals surface area contributed by atoms with Crippen LogP contribution in [0.2, 0.25) is 0 Å². The van der Waals surface area contributed by atoms with Gasteiger partial charge in [0.15, 0.2) is 0 Å². The van der Waals surface area contributed by atoms with Crippen LogP contribution in [-0.2, 0) is 27.3 Å². The molecule has 0 aromatic heterocycles. The van der Waals surface area contributed by atoms with Gasteiger partial charge in [-0.15, -0.1) is 0 Å². The first kappa shape index (κ1) is 22.0. The zero-order valence-corrected chi connectivity index (χ0v) is 16.5. The van der Waals surface area contributed by atoms with Crippen molar-refractivity contribution in [3.8, 4) is 0 Å². The summed E-state index contributed by atoms with van der Waals surface area (Å²) in [5.41, 5.74) is 0.877. The lowest BCUT2D eigenvalue weighted by Crippen LogP contribution is -2.51. The highest BCUT2D eigenvalue weighted by Gasteiger charge is 2.44. The van der Waals surface area contributed by atoms with Crippen molar-refractivity contribution < 1.29 is 19.1 Å². The Morgan fingerprint density at radius 3 is 1.71 bits per heavy atom. The number of methoxy groups -OCH3 is 2. The van der Waals surface area contributed by atoms with E-state index in [1.807, 2.05) is 36.4 Å². The minimum Gasteiger partial charge on any atom is -0.377 e. The van der Waals surface area contributed by atoms with Gasteiger partial charge in [0.05, 0.1) is 6.73 Å². The monoisotopic (exact) mass is 388 g/mol. The molecule has 0 N–H and O–H groups in total. The second-order valence-corrected chi connectivity index (χ2v) is 6.78. The number of nitro groups is 1. The van der Waals surface area contributed by atoms with Crippen LogP contribution in [0.5, 0.6) is 0 Å². The van der Waals surface area contributed by atoms with Gasteiger partial charge in [0, 0.05) is 32.2 Å². The molecule has 7 nitrogen and oxygen atoms in total. The molecular weight excluding hydrogens is 360 g/mol. The molecule has 0 amide bonds. The van der Waals surface area contributed by atoms with E-state index in [0.29, 0.717) is 13.1 Å². The van der Waals surface area contributed by atoms with Crippen LogP contribution in [0.4, 0.5) is 0 Å². The molecule has 0 saturated heterocycles. The van der Waals surface area contributed by atoms with E-state index in [1.165, 1.54) is 14.2 Å². The maximum absolute atomic E-state index is 11.6. The molecule has 0 atom stereocenters. The van der Waals surface area contributed by atoms with E-state index in [4.69, 9.17) is 14.2 Å². The van der Waals surface area contributed by atoms with Gasteiger partial charge in [0.25, 0.3) is 5.54 Å². The van der Waals surface area contributed by atoms with E-state index in [0.717, 1.165) is 11.1 Å². The molecule has 2 aromatic carbocycles. The molecule has 0 saturated carbocycles. The summed E-state index contributed by atoms with van der Waals surface area (Å²) in [5.74, 6) is 0. The second-order valence-electron chi connectivity index (χ2n) is 6.78. The van der Waals surface area contributed by atoms with Crippen molar-refractivity contribution in [2.75, 3.05) is 40.8 Å². The van der Waals surface area contributed by atoms with Crippen LogP contribution in [0.3, 0.4) is 0 Å². The van der Waals surface area contributed by atoms with Crippen LogP contribution >= 0.6 is 0 Å². The smallest absolute Gasteiger partial charge is 0.290 e. The summed E-state index contributed by atoms with van der Waals surface area (Å²) in [5, 5.41) is 11.6. The average Bonchev–Trinajstić information content (AvgIpc) is 2.69. The van der Waals surface area contributed by atoms with E-state index in [9.17, 15) is 10.1 Å². The first-order valence-electron chi connectivity index (χ1n) is 9.10. The van der Waals surface area contributed by atoms with Crippen LogP contribution in [0, 0.1) is 10.1 Å². The lowest BCUT2D eigenvalue weighted by atomic mass is 10.1. The highest BCUT2D eigenvalue weighted by Crippen LogP contribution is 2.15. The third-order valence-corrected chi connectivity index (χ3v) is 4.36. The summed E-state index contributed by atoms with van der Waals surface area (Å²) in [4.78, 5) is 13.3. The number of ether oxygens (including phenoxy) is 3. The molecule has 0 bridgehead atoms. The van der Waals surface area contributed by atoms with Gasteiger partial charge in [0.1, 0.15) is 19.8 Å². The van der Waals surface area contributed by atoms with Crippen molar-refractivity contribution in [1.82, 2.24) is 4.90 Å². The maximum Gasteiger partial charge on any atom is 0.290 e. The lowest BCUT2D eigenvalue weighted by Gasteiger charge is -2.27. The summed E-state index contributed by atoms with van der Waals surface area (Å²) in [6.45, 7) is 1.36. The van der Waals surface area contributed by atoms with Crippen LogP contribution in [0.25, 0.3) is 0 Å². The van der Waals surface area contributed by atoms with Crippen molar-refractivity contribution in [2.45, 2.75) is 18.6 Å². The third kappa shape index (κ3) is 6.69. The maximum atomic E-state index is 11.6. The Hall–Kier alpha value is -2.32. The SMILES string of the molecule is COCC(COC)(COCN(Cc1ccccc1)Cc1ccccc1)[N+](=O)[O-]. The lowest BCUT2D eigenvalue weighted by molar-refractivity contribution is -0.582. The number of hydrogen-bond acceptors (Lipinski definition) is 6. The number of nitrogens with zero attached hydrogens (tertiary/aromatic N) is 2. The Balaban J connectivity index is 2.05. The Labute approximate surface area is 166 Å². The van der Waals surface area contributed by atoms with Crippen molar-refractivity contribution >= 4 is 0 Å². The minimum absolute atomic E-state index is 0.0782. The fourth-order valence-corrected chi connectivity index (χ4v) is 3.02. The van der Waals surface area contributed by atoms with E-state index in [-0.39, 0.29) is 31.5 Å². The van der Waals surface area contributed by atoms with Gasteiger partial charge in [-0.25, -0.2) is 0 Å². The quantitative estimate of drug-likeness (QED) is 0.298. The highest BCUT2D eigenvalue weighted by molar-refractivity contribution is 5.16. The van der Waals surface area contributed by atoms with Gasteiger partial charge in [-0.05, 0) is 11.1 Å². The van der Waals surface area contributed by atoms with Crippen LogP contribution in [0.15, 0.2) is 60.7 Å². The van der Waals surface area contributed by atoms with Crippen molar-refractivity contribution in [2.24, 2.45) is 0 Å². The zero-order valence-electron chi connectivity index (χ0n) is 16.5. The predicted molar refractivity (Wildman–Crippen MR) is 106 cm³/mol. The number of rotatable bonds is 13. The third-order valence-electron chi connectivity index (χ3n) is 4.36. The van der Waals surface area contributed by atoms with Gasteiger partial charge in [0.2, 0.25) is 0 Å². The molecule has 0 heterocycles. The Kier molecular flexibility index (Phi) is 9.03. The number of benzene rings is 2. The molecule has 0 aliphatic carbocycles. The van der Waals surface area contributed by atoms with Gasteiger partial charge < -0.3 is 14.2 Å². The van der Waals surface area contributed by atoms with Crippen LogP contribution in [-0.4, -0.2) is 56.1 Å². The summed E-state index contributed by atoms with van der Waals surface area (Å²) >= 11 is 0. The molecule has 0 aliphatic rings. The summed E-state index contributed by atoms with van der Waals surface area (Å²) in [6.07, 6.45) is 0. The fraction of sp³-hybridized carbons (Fsp3) is 0.429. The number of hydrogen-bond donors (Lipinski definition) is 0. The van der Waals surface area contributed by atoms with Crippen molar-refractivity contribution in [1.29, 1.82) is 0 Å². The molecule has 0 radical (unpaired) electrons. The topological polar surface area (TPSA) is 74.1 Å². The first-order chi connectivity index (χ1) is 13.6. The van der Waals surface area contributed by atoms with E-state index < -0.39 is 5.54 Å². The molecule has 0 aliphatic heterocycles. The minimum atomic E-state index is -1.42. The Morgan fingerprint density at radius 2 is 1.32 bits per heavy atom. The molecular formula is C21H28N2O5. The molecule has 2 rings (SSSR count). The Bertz CT molecular complexity index is 649. The molecule has 0 unspecified atom stereocenters. The Morgan fingerprint density at radius 1 is 0.857 bits per heavy atom. The summed E-state index contributed by atoms with van der Waals surface area (Å²) in [7, 11) is 2.87. The summed E-state index contributed by atoms with van der Waals surface area (Å²) in [6, 6.07) is 20.1. The molecule has 152 valence electrons. The zero-order chi connectivity index (χ0) is 20.2. The standard InChI is InChI=1S/C21H28N2O5/c1-26-15-21(16-27-2,23(24)25)17-28-18-22(13-19-9-5-3-6-10-19)14-20-11-7-4-8-12-20/h3-12H,13-18H2,1-2H3. The van der Waals surface area contributed by atoms with E-state index in [2.05, 4.69) is 29.2 Å². The van der Waals surface area contributed by atoms with Crippen LogP contribution < -0.4 is 0 Å². The largest absolute Gasteiger partial charge is 0.377 e. The van der Waals surface area contributed by atoms with Gasteiger partial charge in [-0.2, -0.15) is 0 Å². The van der Waals surface area contributed by atoms with Gasteiger partial charge in [-0.3, -0.25) is 15.0 Å². The van der Waals surface area contributed by atoms with Gasteiger partial charge in [-0.1, -0.05) is 60.7 Å². The van der Waals surface area contributed by atoms with Crippen LogP contribution in [0.1, 0.15) is 11.1 Å². The molecule has 7 heteroatoms. The fourth-order valence-electron chi connectivity index (χ4n) is 3.02. The van der Waals surface area contributed by atoms with E-state index >= 15 is 0 Å². The molecule has 0 spiro atoms. The first-order valence-corrected chi connectivity index (χ1v) is 9.10. The molecule has 28 heavy (non-hydrogen) atoms.